The predicted molar refractivity (Wildman–Crippen MR) is 57.8 cm³/mol. The van der Waals surface area contributed by atoms with Gasteiger partial charge < -0.3 is 4.74 Å². The summed E-state index contributed by atoms with van der Waals surface area (Å²) in [7, 11) is 1.46. The molecule has 0 spiro atoms. The zero-order valence-corrected chi connectivity index (χ0v) is 9.16. The van der Waals surface area contributed by atoms with Crippen LogP contribution in [0.15, 0.2) is 12.1 Å². The predicted octanol–water partition coefficient (Wildman–Crippen LogP) is 2.27. The van der Waals surface area contributed by atoms with E-state index < -0.39 is 0 Å². The first kappa shape index (κ1) is 11.4. The van der Waals surface area contributed by atoms with Gasteiger partial charge in [-0.15, -0.1) is 0 Å². The molecule has 0 amide bonds. The molecule has 0 fully saturated rings. The summed E-state index contributed by atoms with van der Waals surface area (Å²) in [4.78, 5) is 22.2. The molecule has 15 heavy (non-hydrogen) atoms. The molecular formula is C12H14O3. The van der Waals surface area contributed by atoms with Gasteiger partial charge in [0.15, 0.2) is 12.1 Å². The third kappa shape index (κ3) is 2.24. The molecule has 0 radical (unpaired) electrons. The van der Waals surface area contributed by atoms with Crippen LogP contribution in [0.5, 0.6) is 5.75 Å². The number of aryl methyl sites for hydroxylation is 1. The lowest BCUT2D eigenvalue weighted by molar-refractivity contribution is 0.101. The Bertz CT molecular complexity index is 394. The summed E-state index contributed by atoms with van der Waals surface area (Å²) in [6.45, 7) is 3.44. The molecule has 0 aliphatic carbocycles. The van der Waals surface area contributed by atoms with Crippen molar-refractivity contribution in [1.29, 1.82) is 0 Å². The average Bonchev–Trinajstić information content (AvgIpc) is 2.26. The Morgan fingerprint density at radius 2 is 2.13 bits per heavy atom. The monoisotopic (exact) mass is 206 g/mol. The molecule has 0 N–H and O–H groups in total. The van der Waals surface area contributed by atoms with Crippen molar-refractivity contribution >= 4 is 12.1 Å². The summed E-state index contributed by atoms with van der Waals surface area (Å²) in [5.41, 5.74) is 1.86. The van der Waals surface area contributed by atoms with E-state index >= 15 is 0 Å². The van der Waals surface area contributed by atoms with Crippen molar-refractivity contribution in [3.63, 3.8) is 0 Å². The van der Waals surface area contributed by atoms with E-state index in [0.717, 1.165) is 12.0 Å². The summed E-state index contributed by atoms with van der Waals surface area (Å²) >= 11 is 0. The maximum absolute atomic E-state index is 11.4. The quantitative estimate of drug-likeness (QED) is 0.560. The standard InChI is InChI=1S/C12H14O3/c1-4-9-5-10(7-13)12(15-3)11(6-9)8(2)14/h5-7H,4H2,1-3H3. The Kier molecular flexibility index (Phi) is 3.61. The molecule has 0 aliphatic rings. The minimum atomic E-state index is -0.0924. The fourth-order valence-corrected chi connectivity index (χ4v) is 1.49. The molecule has 1 aromatic rings. The maximum Gasteiger partial charge on any atom is 0.163 e. The molecule has 0 aliphatic heterocycles. The second-order valence-corrected chi connectivity index (χ2v) is 3.29. The Morgan fingerprint density at radius 1 is 1.47 bits per heavy atom. The van der Waals surface area contributed by atoms with E-state index in [0.29, 0.717) is 23.2 Å². The van der Waals surface area contributed by atoms with E-state index in [4.69, 9.17) is 4.74 Å². The lowest BCUT2D eigenvalue weighted by Gasteiger charge is -2.10. The van der Waals surface area contributed by atoms with E-state index in [-0.39, 0.29) is 5.78 Å². The van der Waals surface area contributed by atoms with E-state index in [1.165, 1.54) is 14.0 Å². The van der Waals surface area contributed by atoms with Crippen molar-refractivity contribution in [2.24, 2.45) is 0 Å². The molecule has 0 bridgehead atoms. The molecule has 1 aromatic carbocycles. The number of ether oxygens (including phenoxy) is 1. The molecule has 0 aromatic heterocycles. The highest BCUT2D eigenvalue weighted by Crippen LogP contribution is 2.25. The molecule has 0 unspecified atom stereocenters. The van der Waals surface area contributed by atoms with Crippen LogP contribution in [0.1, 0.15) is 40.1 Å². The molecule has 3 heteroatoms. The summed E-state index contributed by atoms with van der Waals surface area (Å²) in [6.07, 6.45) is 1.50. The molecule has 3 nitrogen and oxygen atoms in total. The van der Waals surface area contributed by atoms with Gasteiger partial charge in [0.1, 0.15) is 5.75 Å². The summed E-state index contributed by atoms with van der Waals surface area (Å²) in [6, 6.07) is 3.52. The van der Waals surface area contributed by atoms with Gasteiger partial charge in [-0.25, -0.2) is 0 Å². The topological polar surface area (TPSA) is 43.4 Å². The van der Waals surface area contributed by atoms with Gasteiger partial charge in [-0.05, 0) is 31.0 Å². The third-order valence-corrected chi connectivity index (χ3v) is 2.30. The number of methoxy groups -OCH3 is 1. The normalized spacial score (nSPS) is 9.80. The number of carbonyl (C=O) groups excluding carboxylic acids is 2. The third-order valence-electron chi connectivity index (χ3n) is 2.30. The Labute approximate surface area is 89.1 Å². The van der Waals surface area contributed by atoms with E-state index in [2.05, 4.69) is 0 Å². The highest BCUT2D eigenvalue weighted by Gasteiger charge is 2.13. The van der Waals surface area contributed by atoms with Crippen LogP contribution < -0.4 is 4.74 Å². The number of hydrogen-bond donors (Lipinski definition) is 0. The highest BCUT2D eigenvalue weighted by atomic mass is 16.5. The van der Waals surface area contributed by atoms with Crippen LogP contribution in [0, 0.1) is 0 Å². The molecule has 80 valence electrons. The summed E-state index contributed by atoms with van der Waals surface area (Å²) < 4.78 is 5.08. The number of Topliss-reactive ketones (excluding diaryl/α,β-unsaturated/α-hetero) is 1. The molecule has 1 rings (SSSR count). The molecule has 0 saturated carbocycles. The zero-order valence-electron chi connectivity index (χ0n) is 9.16. The van der Waals surface area contributed by atoms with E-state index in [9.17, 15) is 9.59 Å². The van der Waals surface area contributed by atoms with Gasteiger partial charge in [-0.3, -0.25) is 9.59 Å². The van der Waals surface area contributed by atoms with Gasteiger partial charge in [0.05, 0.1) is 18.2 Å². The SMILES string of the molecule is CCc1cc(C=O)c(OC)c(C(C)=O)c1. The van der Waals surface area contributed by atoms with Gasteiger partial charge in [0.2, 0.25) is 0 Å². The van der Waals surface area contributed by atoms with Crippen LogP contribution in [-0.4, -0.2) is 19.2 Å². The minimum absolute atomic E-state index is 0.0924. The molecule has 0 saturated heterocycles. The fourth-order valence-electron chi connectivity index (χ4n) is 1.49. The maximum atomic E-state index is 11.4. The molecule has 0 heterocycles. The van der Waals surface area contributed by atoms with Crippen LogP contribution in [-0.2, 0) is 6.42 Å². The van der Waals surface area contributed by atoms with Crippen LogP contribution in [0.3, 0.4) is 0 Å². The van der Waals surface area contributed by atoms with Crippen LogP contribution in [0.4, 0.5) is 0 Å². The first-order chi connectivity index (χ1) is 7.13. The number of hydrogen-bond acceptors (Lipinski definition) is 3. The zero-order chi connectivity index (χ0) is 11.4. The lowest BCUT2D eigenvalue weighted by atomic mass is 10.0. The van der Waals surface area contributed by atoms with Crippen molar-refractivity contribution < 1.29 is 14.3 Å². The second kappa shape index (κ2) is 4.73. The van der Waals surface area contributed by atoms with E-state index in [1.54, 1.807) is 12.1 Å². The largest absolute Gasteiger partial charge is 0.495 e. The van der Waals surface area contributed by atoms with Crippen molar-refractivity contribution in [3.8, 4) is 5.75 Å². The Balaban J connectivity index is 3.45. The fraction of sp³-hybridized carbons (Fsp3) is 0.333. The van der Waals surface area contributed by atoms with Crippen LogP contribution >= 0.6 is 0 Å². The van der Waals surface area contributed by atoms with Crippen molar-refractivity contribution in [1.82, 2.24) is 0 Å². The smallest absolute Gasteiger partial charge is 0.163 e. The van der Waals surface area contributed by atoms with Gasteiger partial charge in [0, 0.05) is 0 Å². The van der Waals surface area contributed by atoms with Crippen molar-refractivity contribution in [3.05, 3.63) is 28.8 Å². The number of carbonyl (C=O) groups is 2. The molecular weight excluding hydrogens is 192 g/mol. The van der Waals surface area contributed by atoms with Gasteiger partial charge in [0.25, 0.3) is 0 Å². The molecule has 0 atom stereocenters. The van der Waals surface area contributed by atoms with E-state index in [1.807, 2.05) is 6.92 Å². The van der Waals surface area contributed by atoms with Crippen LogP contribution in [0.25, 0.3) is 0 Å². The lowest BCUT2D eigenvalue weighted by Crippen LogP contribution is -2.02. The van der Waals surface area contributed by atoms with Crippen molar-refractivity contribution in [2.75, 3.05) is 7.11 Å². The number of rotatable bonds is 4. The van der Waals surface area contributed by atoms with Crippen LogP contribution in [0.2, 0.25) is 0 Å². The Hall–Kier alpha value is -1.64. The van der Waals surface area contributed by atoms with Crippen molar-refractivity contribution in [2.45, 2.75) is 20.3 Å². The number of aldehydes is 1. The second-order valence-electron chi connectivity index (χ2n) is 3.29. The number of ketones is 1. The highest BCUT2D eigenvalue weighted by molar-refractivity contribution is 6.00. The minimum Gasteiger partial charge on any atom is -0.495 e. The first-order valence-electron chi connectivity index (χ1n) is 4.81. The first-order valence-corrected chi connectivity index (χ1v) is 4.81. The summed E-state index contributed by atoms with van der Waals surface area (Å²) in [5, 5.41) is 0. The summed E-state index contributed by atoms with van der Waals surface area (Å²) in [5.74, 6) is 0.278. The van der Waals surface area contributed by atoms with Gasteiger partial charge >= 0.3 is 0 Å². The Morgan fingerprint density at radius 3 is 2.53 bits per heavy atom. The average molecular weight is 206 g/mol. The van der Waals surface area contributed by atoms with Gasteiger partial charge in [-0.1, -0.05) is 6.92 Å². The van der Waals surface area contributed by atoms with Gasteiger partial charge in [-0.2, -0.15) is 0 Å². The number of benzene rings is 1.